The summed E-state index contributed by atoms with van der Waals surface area (Å²) >= 11 is 0. The van der Waals surface area contributed by atoms with E-state index < -0.39 is 40.8 Å². The zero-order valence-electron chi connectivity index (χ0n) is 13.1. The summed E-state index contributed by atoms with van der Waals surface area (Å²) in [7, 11) is 0. The van der Waals surface area contributed by atoms with Gasteiger partial charge in [-0.2, -0.15) is 0 Å². The van der Waals surface area contributed by atoms with Crippen molar-refractivity contribution >= 4 is 29.2 Å². The Morgan fingerprint density at radius 1 is 1.12 bits per heavy atom. The highest BCUT2D eigenvalue weighted by atomic mass is 19.1. The first-order chi connectivity index (χ1) is 12.3. The van der Waals surface area contributed by atoms with Gasteiger partial charge in [-0.05, 0) is 18.2 Å². The predicted octanol–water partition coefficient (Wildman–Crippen LogP) is 2.17. The molecule has 0 unspecified atom stereocenters. The first kappa shape index (κ1) is 18.5. The number of halogens is 1. The van der Waals surface area contributed by atoms with Gasteiger partial charge in [-0.15, -0.1) is 0 Å². The average Bonchev–Trinajstić information content (AvgIpc) is 2.60. The highest BCUT2D eigenvalue weighted by Crippen LogP contribution is 2.25. The van der Waals surface area contributed by atoms with Gasteiger partial charge in [0.15, 0.2) is 5.78 Å². The number of non-ortho nitro benzene ring substituents is 1. The fraction of sp³-hybridized carbons (Fsp3) is 0.0625. The first-order valence-corrected chi connectivity index (χ1v) is 7.14. The molecular weight excluding hydrogens is 349 g/mol. The number of nitro benzene ring substituents is 1. The number of carbonyl (C=O) groups is 3. The minimum Gasteiger partial charge on any atom is -0.465 e. The number of nitrogens with one attached hydrogen (secondary N) is 2. The van der Waals surface area contributed by atoms with Crippen molar-refractivity contribution in [1.82, 2.24) is 5.32 Å². The second kappa shape index (κ2) is 7.83. The van der Waals surface area contributed by atoms with Crippen LogP contribution in [0.2, 0.25) is 0 Å². The Labute approximate surface area is 145 Å². The Hall–Kier alpha value is -3.82. The van der Waals surface area contributed by atoms with Crippen molar-refractivity contribution in [2.45, 2.75) is 0 Å². The number of carboxylic acid groups (broad SMARTS) is 1. The lowest BCUT2D eigenvalue weighted by Gasteiger charge is -2.11. The van der Waals surface area contributed by atoms with Crippen molar-refractivity contribution in [1.29, 1.82) is 0 Å². The molecule has 2 aromatic rings. The first-order valence-electron chi connectivity index (χ1n) is 7.14. The number of benzene rings is 2. The molecule has 0 saturated carbocycles. The van der Waals surface area contributed by atoms with Crippen molar-refractivity contribution in [2.24, 2.45) is 0 Å². The third-order valence-corrected chi connectivity index (χ3v) is 3.25. The molecule has 2 aromatic carbocycles. The molecule has 3 N–H and O–H groups in total. The van der Waals surface area contributed by atoms with E-state index in [1.807, 2.05) is 5.32 Å². The molecule has 0 fully saturated rings. The zero-order chi connectivity index (χ0) is 19.3. The van der Waals surface area contributed by atoms with Gasteiger partial charge >= 0.3 is 6.09 Å². The summed E-state index contributed by atoms with van der Waals surface area (Å²) in [6, 6.07) is 8.13. The topological polar surface area (TPSA) is 139 Å². The van der Waals surface area contributed by atoms with Crippen molar-refractivity contribution in [3.05, 3.63) is 69.5 Å². The Morgan fingerprint density at radius 2 is 1.81 bits per heavy atom. The Bertz CT molecular complexity index is 899. The number of nitro groups is 1. The Morgan fingerprint density at radius 3 is 2.42 bits per heavy atom. The van der Waals surface area contributed by atoms with Gasteiger partial charge in [-0.25, -0.2) is 9.18 Å². The van der Waals surface area contributed by atoms with Crippen LogP contribution in [0.5, 0.6) is 0 Å². The van der Waals surface area contributed by atoms with Crippen LogP contribution in [0.15, 0.2) is 42.5 Å². The fourth-order valence-corrected chi connectivity index (χ4v) is 2.08. The number of hydrogen-bond donors (Lipinski definition) is 3. The molecule has 0 bridgehead atoms. The van der Waals surface area contributed by atoms with E-state index in [2.05, 4.69) is 5.32 Å². The predicted molar refractivity (Wildman–Crippen MR) is 87.6 cm³/mol. The van der Waals surface area contributed by atoms with E-state index in [1.165, 1.54) is 18.2 Å². The number of carbonyl (C=O) groups excluding carboxylic acids is 2. The number of anilines is 1. The number of nitrogens with zero attached hydrogens (tertiary/aromatic N) is 1. The Kier molecular flexibility index (Phi) is 5.58. The smallest absolute Gasteiger partial charge is 0.405 e. The lowest BCUT2D eigenvalue weighted by atomic mass is 10.0. The molecule has 0 aliphatic rings. The quantitative estimate of drug-likeness (QED) is 0.409. The summed E-state index contributed by atoms with van der Waals surface area (Å²) in [5.74, 6) is -2.49. The van der Waals surface area contributed by atoms with E-state index >= 15 is 0 Å². The van der Waals surface area contributed by atoms with Crippen LogP contribution in [0.3, 0.4) is 0 Å². The normalized spacial score (nSPS) is 10.0. The molecule has 0 spiro atoms. The highest BCUT2D eigenvalue weighted by Gasteiger charge is 2.21. The van der Waals surface area contributed by atoms with E-state index in [4.69, 9.17) is 5.11 Å². The highest BCUT2D eigenvalue weighted by molar-refractivity contribution is 6.14. The number of ketones is 1. The van der Waals surface area contributed by atoms with E-state index in [1.54, 1.807) is 0 Å². The van der Waals surface area contributed by atoms with Gasteiger partial charge in [-0.1, -0.05) is 12.1 Å². The zero-order valence-corrected chi connectivity index (χ0v) is 13.1. The molecule has 0 aromatic heterocycles. The van der Waals surface area contributed by atoms with Crippen LogP contribution in [0.4, 0.5) is 20.6 Å². The summed E-state index contributed by atoms with van der Waals surface area (Å²) < 4.78 is 13.9. The number of hydrogen-bond acceptors (Lipinski definition) is 5. The minimum atomic E-state index is -1.42. The van der Waals surface area contributed by atoms with E-state index in [0.29, 0.717) is 0 Å². The van der Waals surface area contributed by atoms with Crippen molar-refractivity contribution in [3.63, 3.8) is 0 Å². The summed E-state index contributed by atoms with van der Waals surface area (Å²) in [5, 5.41) is 23.5. The second-order valence-corrected chi connectivity index (χ2v) is 5.00. The van der Waals surface area contributed by atoms with Crippen LogP contribution in [0.1, 0.15) is 15.9 Å². The third-order valence-electron chi connectivity index (χ3n) is 3.25. The molecule has 0 atom stereocenters. The molecule has 26 heavy (non-hydrogen) atoms. The molecule has 9 nitrogen and oxygen atoms in total. The molecule has 0 aliphatic heterocycles. The van der Waals surface area contributed by atoms with Crippen molar-refractivity contribution in [3.8, 4) is 0 Å². The van der Waals surface area contributed by atoms with Crippen LogP contribution in [0.25, 0.3) is 0 Å². The van der Waals surface area contributed by atoms with Gasteiger partial charge in [0.25, 0.3) is 5.69 Å². The molecule has 2 rings (SSSR count). The lowest BCUT2D eigenvalue weighted by molar-refractivity contribution is -0.384. The van der Waals surface area contributed by atoms with Crippen LogP contribution < -0.4 is 10.6 Å². The molecule has 10 heteroatoms. The van der Waals surface area contributed by atoms with E-state index in [9.17, 15) is 28.9 Å². The van der Waals surface area contributed by atoms with Crippen LogP contribution in [-0.4, -0.2) is 34.4 Å². The monoisotopic (exact) mass is 361 g/mol. The standard InChI is InChI=1S/C16H12FN3O6/c17-12-4-2-1-3-10(12)15(22)11-7-9(20(25)26)5-6-13(11)19-14(21)8-18-16(23)24/h1-7,18H,8H2,(H,19,21)(H,23,24). The van der Waals surface area contributed by atoms with Gasteiger partial charge in [0, 0.05) is 12.1 Å². The number of rotatable bonds is 6. The maximum atomic E-state index is 13.9. The molecule has 0 aliphatic carbocycles. The maximum Gasteiger partial charge on any atom is 0.405 e. The van der Waals surface area contributed by atoms with Crippen LogP contribution in [0, 0.1) is 15.9 Å². The number of amides is 2. The molecule has 134 valence electrons. The molecule has 0 saturated heterocycles. The van der Waals surface area contributed by atoms with Gasteiger partial charge in [0.2, 0.25) is 5.91 Å². The van der Waals surface area contributed by atoms with Crippen LogP contribution >= 0.6 is 0 Å². The summed E-state index contributed by atoms with van der Waals surface area (Å²) in [4.78, 5) is 45.0. The summed E-state index contributed by atoms with van der Waals surface area (Å²) in [6.07, 6.45) is -1.42. The van der Waals surface area contributed by atoms with Gasteiger partial charge in [-0.3, -0.25) is 19.7 Å². The third kappa shape index (κ3) is 4.38. The Balaban J connectivity index is 2.41. The summed E-state index contributed by atoms with van der Waals surface area (Å²) in [5.41, 5.74) is -1.16. The molecular formula is C16H12FN3O6. The fourth-order valence-electron chi connectivity index (χ4n) is 2.08. The maximum absolute atomic E-state index is 13.9. The van der Waals surface area contributed by atoms with Gasteiger partial charge in [0.05, 0.1) is 21.7 Å². The van der Waals surface area contributed by atoms with Gasteiger partial charge in [0.1, 0.15) is 12.4 Å². The van der Waals surface area contributed by atoms with Gasteiger partial charge < -0.3 is 15.7 Å². The lowest BCUT2D eigenvalue weighted by Crippen LogP contribution is -2.32. The SMILES string of the molecule is O=C(O)NCC(=O)Nc1ccc([N+](=O)[O-])cc1C(=O)c1ccccc1F. The van der Waals surface area contributed by atoms with Crippen LogP contribution in [-0.2, 0) is 4.79 Å². The second-order valence-electron chi connectivity index (χ2n) is 5.00. The van der Waals surface area contributed by atoms with Crippen molar-refractivity contribution < 1.29 is 28.8 Å². The molecule has 0 heterocycles. The summed E-state index contributed by atoms with van der Waals surface area (Å²) in [6.45, 7) is -0.598. The average molecular weight is 361 g/mol. The van der Waals surface area contributed by atoms with Crippen molar-refractivity contribution in [2.75, 3.05) is 11.9 Å². The van der Waals surface area contributed by atoms with E-state index in [0.717, 1.165) is 24.3 Å². The molecule has 0 radical (unpaired) electrons. The minimum absolute atomic E-state index is 0.110. The van der Waals surface area contributed by atoms with E-state index in [-0.39, 0.29) is 16.8 Å². The molecule has 2 amide bonds. The largest absolute Gasteiger partial charge is 0.465 e.